The van der Waals surface area contributed by atoms with Gasteiger partial charge in [0.1, 0.15) is 11.0 Å². The van der Waals surface area contributed by atoms with Crippen LogP contribution in [0, 0.1) is 11.8 Å². The van der Waals surface area contributed by atoms with E-state index >= 15 is 0 Å². The highest BCUT2D eigenvalue weighted by atomic mass is 32.2. The van der Waals surface area contributed by atoms with Crippen molar-refractivity contribution < 1.29 is 14.4 Å². The minimum absolute atomic E-state index is 0.182. The summed E-state index contributed by atoms with van der Waals surface area (Å²) in [7, 11) is 0. The molecular weight excluding hydrogens is 432 g/mol. The second-order valence-electron chi connectivity index (χ2n) is 7.99. The number of anilines is 1. The first-order valence-electron chi connectivity index (χ1n) is 10.6. The van der Waals surface area contributed by atoms with Crippen LogP contribution in [0.5, 0.6) is 0 Å². The van der Waals surface area contributed by atoms with Crippen molar-refractivity contribution in [2.75, 3.05) is 17.3 Å². The summed E-state index contributed by atoms with van der Waals surface area (Å²) in [5.74, 6) is -0.567. The highest BCUT2D eigenvalue weighted by Gasteiger charge is 2.51. The van der Waals surface area contributed by atoms with Gasteiger partial charge in [0.05, 0.1) is 11.8 Å². The highest BCUT2D eigenvalue weighted by Crippen LogP contribution is 2.39. The molecule has 1 aliphatic carbocycles. The summed E-state index contributed by atoms with van der Waals surface area (Å²) in [6.45, 7) is 0. The van der Waals surface area contributed by atoms with Crippen LogP contribution in [0.4, 0.5) is 5.13 Å². The van der Waals surface area contributed by atoms with Gasteiger partial charge in [0, 0.05) is 6.42 Å². The molecular formula is C22H26N4O3S2. The van der Waals surface area contributed by atoms with Crippen molar-refractivity contribution in [3.8, 4) is 0 Å². The van der Waals surface area contributed by atoms with Crippen LogP contribution in [0.1, 0.15) is 42.7 Å². The fourth-order valence-electron chi connectivity index (χ4n) is 4.44. The van der Waals surface area contributed by atoms with Crippen molar-refractivity contribution >= 4 is 46.0 Å². The lowest BCUT2D eigenvalue weighted by molar-refractivity contribution is -0.146. The zero-order valence-corrected chi connectivity index (χ0v) is 19.1. The molecule has 1 saturated heterocycles. The summed E-state index contributed by atoms with van der Waals surface area (Å²) in [5.41, 5.74) is 1.12. The Bertz CT molecular complexity index is 925. The average Bonchev–Trinajstić information content (AvgIpc) is 3.32. The zero-order chi connectivity index (χ0) is 21.8. The molecule has 1 aliphatic heterocycles. The summed E-state index contributed by atoms with van der Waals surface area (Å²) < 4.78 is 0. The molecule has 1 aromatic carbocycles. The molecule has 1 aromatic heterocycles. The van der Waals surface area contributed by atoms with Crippen LogP contribution in [0.2, 0.25) is 0 Å². The molecule has 3 atom stereocenters. The molecule has 0 radical (unpaired) electrons. The first kappa shape index (κ1) is 22.0. The monoisotopic (exact) mass is 458 g/mol. The molecule has 3 amide bonds. The number of nitrogens with one attached hydrogen (secondary N) is 1. The lowest BCUT2D eigenvalue weighted by atomic mass is 9.81. The highest BCUT2D eigenvalue weighted by molar-refractivity contribution is 7.98. The van der Waals surface area contributed by atoms with Gasteiger partial charge in [-0.2, -0.15) is 11.8 Å². The number of nitrogens with zero attached hydrogens (tertiary/aromatic N) is 3. The Morgan fingerprint density at radius 1 is 1.16 bits per heavy atom. The van der Waals surface area contributed by atoms with E-state index in [9.17, 15) is 14.4 Å². The lowest BCUT2D eigenvalue weighted by Crippen LogP contribution is -2.48. The number of aromatic nitrogens is 2. The van der Waals surface area contributed by atoms with Crippen LogP contribution < -0.4 is 5.32 Å². The SMILES string of the molecule is CSCCC(C(=O)Nc1nnc(Cc2ccccc2)s1)N1C(=O)C2CCCCC2C1=O. The Labute approximate surface area is 190 Å². The van der Waals surface area contributed by atoms with Crippen LogP contribution in [0.3, 0.4) is 0 Å². The van der Waals surface area contributed by atoms with E-state index in [2.05, 4.69) is 15.5 Å². The van der Waals surface area contributed by atoms with Crippen LogP contribution in [-0.4, -0.2) is 50.9 Å². The Morgan fingerprint density at radius 3 is 2.48 bits per heavy atom. The molecule has 2 aliphatic rings. The number of hydrogen-bond acceptors (Lipinski definition) is 7. The number of benzene rings is 1. The van der Waals surface area contributed by atoms with Crippen LogP contribution in [0.25, 0.3) is 0 Å². The molecule has 1 N–H and O–H groups in total. The molecule has 4 rings (SSSR count). The number of carbonyl (C=O) groups excluding carboxylic acids is 3. The predicted octanol–water partition coefficient (Wildman–Crippen LogP) is 3.36. The summed E-state index contributed by atoms with van der Waals surface area (Å²) >= 11 is 2.90. The summed E-state index contributed by atoms with van der Waals surface area (Å²) in [6.07, 6.45) is 6.42. The van der Waals surface area contributed by atoms with E-state index < -0.39 is 6.04 Å². The number of likely N-dealkylation sites (tertiary alicyclic amines) is 1. The van der Waals surface area contributed by atoms with Gasteiger partial charge < -0.3 is 0 Å². The fraction of sp³-hybridized carbons (Fsp3) is 0.500. The Balaban J connectivity index is 1.47. The number of amides is 3. The van der Waals surface area contributed by atoms with E-state index in [-0.39, 0.29) is 29.6 Å². The van der Waals surface area contributed by atoms with Crippen LogP contribution in [0.15, 0.2) is 30.3 Å². The number of hydrogen-bond donors (Lipinski definition) is 1. The number of rotatable bonds is 8. The molecule has 2 aromatic rings. The summed E-state index contributed by atoms with van der Waals surface area (Å²) in [5, 5.41) is 12.3. The molecule has 3 unspecified atom stereocenters. The third-order valence-electron chi connectivity index (χ3n) is 5.98. The minimum Gasteiger partial charge on any atom is -0.299 e. The van der Waals surface area contributed by atoms with E-state index in [1.807, 2.05) is 36.6 Å². The Hall–Kier alpha value is -2.26. The summed E-state index contributed by atoms with van der Waals surface area (Å²) in [4.78, 5) is 40.4. The topological polar surface area (TPSA) is 92.3 Å². The van der Waals surface area contributed by atoms with Crippen molar-refractivity contribution in [3.63, 3.8) is 0 Å². The number of thioether (sulfide) groups is 1. The summed E-state index contributed by atoms with van der Waals surface area (Å²) in [6, 6.07) is 9.12. The second kappa shape index (κ2) is 9.91. The molecule has 9 heteroatoms. The molecule has 2 heterocycles. The van der Waals surface area contributed by atoms with E-state index in [1.165, 1.54) is 16.2 Å². The van der Waals surface area contributed by atoms with Crippen molar-refractivity contribution in [2.45, 2.75) is 44.6 Å². The normalized spacial score (nSPS) is 21.8. The van der Waals surface area contributed by atoms with Gasteiger partial charge in [-0.25, -0.2) is 0 Å². The van der Waals surface area contributed by atoms with E-state index in [0.29, 0.717) is 23.7 Å². The molecule has 1 saturated carbocycles. The number of imide groups is 1. The van der Waals surface area contributed by atoms with E-state index in [4.69, 9.17) is 0 Å². The smallest absolute Gasteiger partial charge is 0.249 e. The van der Waals surface area contributed by atoms with E-state index in [0.717, 1.165) is 36.3 Å². The number of carbonyl (C=O) groups is 3. The van der Waals surface area contributed by atoms with Gasteiger partial charge >= 0.3 is 0 Å². The molecule has 2 fully saturated rings. The Morgan fingerprint density at radius 2 is 1.84 bits per heavy atom. The Kier molecular flexibility index (Phi) is 7.02. The van der Waals surface area contributed by atoms with Gasteiger partial charge in [0.2, 0.25) is 22.9 Å². The third kappa shape index (κ3) is 4.82. The molecule has 0 spiro atoms. The van der Waals surface area contributed by atoms with E-state index in [1.54, 1.807) is 11.8 Å². The third-order valence-corrected chi connectivity index (χ3v) is 7.46. The quantitative estimate of drug-likeness (QED) is 0.610. The van der Waals surface area contributed by atoms with Crippen LogP contribution >= 0.6 is 23.1 Å². The van der Waals surface area contributed by atoms with Gasteiger partial charge in [-0.1, -0.05) is 54.5 Å². The molecule has 0 bridgehead atoms. The second-order valence-corrected chi connectivity index (χ2v) is 10.0. The van der Waals surface area contributed by atoms with Gasteiger partial charge in [-0.05, 0) is 36.8 Å². The maximum Gasteiger partial charge on any atom is 0.249 e. The van der Waals surface area contributed by atoms with Crippen molar-refractivity contribution in [1.29, 1.82) is 0 Å². The van der Waals surface area contributed by atoms with Crippen LogP contribution in [-0.2, 0) is 20.8 Å². The van der Waals surface area contributed by atoms with Gasteiger partial charge in [-0.3, -0.25) is 24.6 Å². The first-order valence-corrected chi connectivity index (χ1v) is 12.8. The standard InChI is InChI=1S/C22H26N4O3S2/c1-30-12-11-17(26-20(28)15-9-5-6-10-16(15)21(26)29)19(27)23-22-25-24-18(31-22)13-14-7-3-2-4-8-14/h2-4,7-8,15-17H,5-6,9-13H2,1H3,(H,23,25,27). The average molecular weight is 459 g/mol. The number of fused-ring (bicyclic) bond motifs is 1. The largest absolute Gasteiger partial charge is 0.299 e. The predicted molar refractivity (Wildman–Crippen MR) is 122 cm³/mol. The van der Waals surface area contributed by atoms with Gasteiger partial charge in [0.25, 0.3) is 0 Å². The molecule has 31 heavy (non-hydrogen) atoms. The maximum atomic E-state index is 13.1. The van der Waals surface area contributed by atoms with Crippen molar-refractivity contribution in [3.05, 3.63) is 40.9 Å². The first-order chi connectivity index (χ1) is 15.1. The minimum atomic E-state index is -0.806. The van der Waals surface area contributed by atoms with Gasteiger partial charge in [0.15, 0.2) is 0 Å². The zero-order valence-electron chi connectivity index (χ0n) is 17.5. The molecule has 164 valence electrons. The maximum absolute atomic E-state index is 13.1. The molecule has 7 nitrogen and oxygen atoms in total. The lowest BCUT2D eigenvalue weighted by Gasteiger charge is -2.25. The van der Waals surface area contributed by atoms with Crippen molar-refractivity contribution in [2.24, 2.45) is 11.8 Å². The fourth-order valence-corrected chi connectivity index (χ4v) is 5.67. The van der Waals surface area contributed by atoms with Gasteiger partial charge in [-0.15, -0.1) is 10.2 Å². The van der Waals surface area contributed by atoms with Crippen molar-refractivity contribution in [1.82, 2.24) is 15.1 Å².